The fourth-order valence-electron chi connectivity index (χ4n) is 3.98. The van der Waals surface area contributed by atoms with E-state index in [2.05, 4.69) is 41.8 Å². The van der Waals surface area contributed by atoms with Gasteiger partial charge in [0.25, 0.3) is 5.56 Å². The van der Waals surface area contributed by atoms with Gasteiger partial charge in [-0.25, -0.2) is 4.98 Å². The molecule has 0 unspecified atom stereocenters. The molecule has 3 aromatic rings. The Bertz CT molecular complexity index is 1170. The third kappa shape index (κ3) is 5.47. The van der Waals surface area contributed by atoms with Gasteiger partial charge in [-0.1, -0.05) is 56.0 Å². The van der Waals surface area contributed by atoms with Crippen LogP contribution < -0.4 is 10.3 Å². The van der Waals surface area contributed by atoms with Gasteiger partial charge in [-0.15, -0.1) is 0 Å². The first-order valence-corrected chi connectivity index (χ1v) is 12.1. The minimum atomic E-state index is -0.127. The van der Waals surface area contributed by atoms with Gasteiger partial charge in [-0.05, 0) is 66.3 Å². The Morgan fingerprint density at radius 3 is 2.53 bits per heavy atom. The van der Waals surface area contributed by atoms with Crippen LogP contribution in [0.2, 0.25) is 0 Å². The highest BCUT2D eigenvalue weighted by molar-refractivity contribution is 9.10. The Balaban J connectivity index is 1.67. The largest absolute Gasteiger partial charge is 0.493 e. The van der Waals surface area contributed by atoms with E-state index in [0.29, 0.717) is 12.0 Å². The lowest BCUT2D eigenvalue weighted by molar-refractivity contribution is 0.198. The van der Waals surface area contributed by atoms with E-state index >= 15 is 0 Å². The summed E-state index contributed by atoms with van der Waals surface area (Å²) in [5, 5.41) is 5.18. The Labute approximate surface area is 197 Å². The maximum atomic E-state index is 13.4. The lowest BCUT2D eigenvalue weighted by atomic mass is 9.88. The van der Waals surface area contributed by atoms with Crippen LogP contribution in [0.4, 0.5) is 0 Å². The maximum absolute atomic E-state index is 13.4. The number of rotatable bonds is 5. The summed E-state index contributed by atoms with van der Waals surface area (Å²) in [7, 11) is 0. The fraction of sp³-hybridized carbons (Fsp3) is 0.423. The van der Waals surface area contributed by atoms with E-state index in [1.54, 1.807) is 6.21 Å². The molecule has 1 aliphatic carbocycles. The topological polar surface area (TPSA) is 56.5 Å². The van der Waals surface area contributed by atoms with Crippen molar-refractivity contribution < 1.29 is 4.74 Å². The van der Waals surface area contributed by atoms with Gasteiger partial charge >= 0.3 is 0 Å². The van der Waals surface area contributed by atoms with Crippen molar-refractivity contribution in [2.75, 3.05) is 6.61 Å². The highest BCUT2D eigenvalue weighted by Crippen LogP contribution is 2.32. The fourth-order valence-corrected chi connectivity index (χ4v) is 4.34. The van der Waals surface area contributed by atoms with Gasteiger partial charge in [0.05, 0.1) is 23.7 Å². The van der Waals surface area contributed by atoms with Gasteiger partial charge in [0, 0.05) is 10.4 Å². The molecule has 1 fully saturated rings. The molecule has 1 saturated carbocycles. The highest BCUT2D eigenvalue weighted by atomic mass is 79.9. The third-order valence-electron chi connectivity index (χ3n) is 5.68. The summed E-state index contributed by atoms with van der Waals surface area (Å²) < 4.78 is 8.22. The zero-order valence-electron chi connectivity index (χ0n) is 19.0. The van der Waals surface area contributed by atoms with Crippen molar-refractivity contribution in [1.82, 2.24) is 9.66 Å². The first-order chi connectivity index (χ1) is 15.3. The molecule has 0 atom stereocenters. The van der Waals surface area contributed by atoms with E-state index in [9.17, 15) is 4.79 Å². The molecule has 1 heterocycles. The van der Waals surface area contributed by atoms with Crippen molar-refractivity contribution in [2.45, 2.75) is 58.8 Å². The van der Waals surface area contributed by atoms with Gasteiger partial charge in [-0.3, -0.25) is 4.79 Å². The second kappa shape index (κ2) is 9.57. The molecular formula is C26H30BrN3O2. The first-order valence-electron chi connectivity index (χ1n) is 11.3. The molecule has 0 amide bonds. The molecule has 0 bridgehead atoms. The number of hydrogen-bond acceptors (Lipinski definition) is 4. The molecule has 1 aliphatic rings. The molecule has 168 valence electrons. The summed E-state index contributed by atoms with van der Waals surface area (Å²) in [5.74, 6) is 1.86. The van der Waals surface area contributed by atoms with E-state index in [0.717, 1.165) is 40.0 Å². The molecule has 0 radical (unpaired) electrons. The first kappa shape index (κ1) is 22.7. The predicted molar refractivity (Wildman–Crippen MR) is 134 cm³/mol. The Kier molecular flexibility index (Phi) is 6.79. The molecule has 0 N–H and O–H groups in total. The van der Waals surface area contributed by atoms with Crippen LogP contribution in [0, 0.1) is 5.41 Å². The molecule has 0 aliphatic heterocycles. The molecule has 5 nitrogen and oxygen atoms in total. The summed E-state index contributed by atoms with van der Waals surface area (Å²) in [4.78, 5) is 18.2. The number of aromatic nitrogens is 2. The summed E-state index contributed by atoms with van der Waals surface area (Å²) in [6, 6.07) is 13.4. The van der Waals surface area contributed by atoms with Crippen molar-refractivity contribution in [3.05, 3.63) is 68.7 Å². The maximum Gasteiger partial charge on any atom is 0.282 e. The SMILES string of the molecule is CC(C)(C)COc1ccc(C=Nn2c(C3CCCCC3)nc3ccc(Br)cc3c2=O)cc1. The van der Waals surface area contributed by atoms with Crippen LogP contribution in [0.15, 0.2) is 56.8 Å². The second-order valence-corrected chi connectivity index (χ2v) is 10.7. The number of benzene rings is 2. The number of hydrogen-bond donors (Lipinski definition) is 0. The molecule has 2 aromatic carbocycles. The quantitative estimate of drug-likeness (QED) is 0.378. The van der Waals surface area contributed by atoms with Crippen molar-refractivity contribution in [3.8, 4) is 5.75 Å². The Morgan fingerprint density at radius 2 is 1.84 bits per heavy atom. The molecule has 32 heavy (non-hydrogen) atoms. The van der Waals surface area contributed by atoms with Crippen LogP contribution in [0.5, 0.6) is 5.75 Å². The van der Waals surface area contributed by atoms with Gasteiger partial charge in [-0.2, -0.15) is 9.78 Å². The van der Waals surface area contributed by atoms with E-state index in [1.807, 2.05) is 42.5 Å². The van der Waals surface area contributed by atoms with Crippen LogP contribution in [0.25, 0.3) is 10.9 Å². The number of ether oxygens (including phenoxy) is 1. The Hall–Kier alpha value is -2.47. The van der Waals surface area contributed by atoms with E-state index < -0.39 is 0 Å². The normalized spacial score (nSPS) is 15.5. The van der Waals surface area contributed by atoms with Gasteiger partial charge in [0.1, 0.15) is 11.6 Å². The molecule has 1 aromatic heterocycles. The number of nitrogens with zero attached hydrogens (tertiary/aromatic N) is 3. The van der Waals surface area contributed by atoms with Gasteiger partial charge in [0.15, 0.2) is 0 Å². The van der Waals surface area contributed by atoms with Gasteiger partial charge < -0.3 is 4.74 Å². The minimum Gasteiger partial charge on any atom is -0.493 e. The van der Waals surface area contributed by atoms with E-state index in [4.69, 9.17) is 9.72 Å². The summed E-state index contributed by atoms with van der Waals surface area (Å²) in [6.07, 6.45) is 7.39. The molecular weight excluding hydrogens is 466 g/mol. The zero-order valence-corrected chi connectivity index (χ0v) is 20.6. The molecule has 0 saturated heterocycles. The number of fused-ring (bicyclic) bond motifs is 1. The van der Waals surface area contributed by atoms with Crippen LogP contribution in [0.3, 0.4) is 0 Å². The average molecular weight is 496 g/mol. The van der Waals surface area contributed by atoms with Crippen molar-refractivity contribution >= 4 is 33.0 Å². The average Bonchev–Trinajstić information content (AvgIpc) is 2.78. The zero-order chi connectivity index (χ0) is 22.7. The van der Waals surface area contributed by atoms with Gasteiger partial charge in [0.2, 0.25) is 0 Å². The monoisotopic (exact) mass is 495 g/mol. The summed E-state index contributed by atoms with van der Waals surface area (Å²) in [5.41, 5.74) is 1.61. The van der Waals surface area contributed by atoms with Crippen molar-refractivity contribution in [1.29, 1.82) is 0 Å². The third-order valence-corrected chi connectivity index (χ3v) is 6.17. The lowest BCUT2D eigenvalue weighted by Crippen LogP contribution is -2.25. The smallest absolute Gasteiger partial charge is 0.282 e. The lowest BCUT2D eigenvalue weighted by Gasteiger charge is -2.22. The van der Waals surface area contributed by atoms with Crippen LogP contribution in [-0.4, -0.2) is 22.5 Å². The second-order valence-electron chi connectivity index (χ2n) is 9.75. The highest BCUT2D eigenvalue weighted by Gasteiger charge is 2.22. The molecule has 6 heteroatoms. The minimum absolute atomic E-state index is 0.106. The van der Waals surface area contributed by atoms with Crippen LogP contribution in [0.1, 0.15) is 70.2 Å². The number of halogens is 1. The molecule has 0 spiro atoms. The van der Waals surface area contributed by atoms with Crippen molar-refractivity contribution in [2.24, 2.45) is 10.5 Å². The summed E-state index contributed by atoms with van der Waals surface area (Å²) in [6.45, 7) is 7.09. The van der Waals surface area contributed by atoms with E-state index in [1.165, 1.54) is 23.9 Å². The van der Waals surface area contributed by atoms with Crippen molar-refractivity contribution in [3.63, 3.8) is 0 Å². The Morgan fingerprint density at radius 1 is 1.12 bits per heavy atom. The van der Waals surface area contributed by atoms with Crippen LogP contribution >= 0.6 is 15.9 Å². The van der Waals surface area contributed by atoms with E-state index in [-0.39, 0.29) is 16.9 Å². The molecule has 4 rings (SSSR count). The standard InChI is InChI=1S/C26H30BrN3O2/c1-26(2,3)17-32-21-12-9-18(10-13-21)16-28-30-24(19-7-5-4-6-8-19)29-23-14-11-20(27)15-22(23)25(30)31/h9-16,19H,4-8,17H2,1-3H3. The van der Waals surface area contributed by atoms with Crippen LogP contribution in [-0.2, 0) is 0 Å². The predicted octanol–water partition coefficient (Wildman–Crippen LogP) is 6.51. The summed E-state index contributed by atoms with van der Waals surface area (Å²) >= 11 is 3.47.